The zero-order chi connectivity index (χ0) is 15.5. The van der Waals surface area contributed by atoms with Gasteiger partial charge in [-0.05, 0) is 0 Å². The van der Waals surface area contributed by atoms with Gasteiger partial charge in [-0.1, -0.05) is 0 Å². The minimum absolute atomic E-state index is 0.156. The van der Waals surface area contributed by atoms with Gasteiger partial charge in [0.2, 0.25) is 0 Å². The van der Waals surface area contributed by atoms with Crippen molar-refractivity contribution in [2.45, 2.75) is 13.1 Å². The van der Waals surface area contributed by atoms with Crippen LogP contribution in [0.4, 0.5) is 8.78 Å². The second-order valence-corrected chi connectivity index (χ2v) is 7.54. The molecule has 1 fully saturated rings. The zero-order valence-corrected chi connectivity index (χ0v) is 12.8. The van der Waals surface area contributed by atoms with E-state index in [4.69, 9.17) is 0 Å². The Hall–Kier alpha value is -1.06. The molecule has 0 radical (unpaired) electrons. The number of rotatable bonds is 6. The summed E-state index contributed by atoms with van der Waals surface area (Å²) in [6.45, 7) is 1.27. The topological polar surface area (TPSA) is 58.4 Å². The van der Waals surface area contributed by atoms with E-state index >= 15 is 0 Å². The van der Waals surface area contributed by atoms with Crippen LogP contribution in [0.1, 0.15) is 12.4 Å². The molecule has 2 heterocycles. The highest BCUT2D eigenvalue weighted by atomic mass is 32.2. The molecule has 120 valence electrons. The van der Waals surface area contributed by atoms with Crippen molar-refractivity contribution in [2.24, 2.45) is 0 Å². The second kappa shape index (κ2) is 6.80. The Kier molecular flexibility index (Phi) is 5.28. The van der Waals surface area contributed by atoms with Crippen LogP contribution in [-0.4, -0.2) is 72.5 Å². The first-order valence-electron chi connectivity index (χ1n) is 6.77. The minimum atomic E-state index is -2.95. The monoisotopic (exact) mass is 322 g/mol. The van der Waals surface area contributed by atoms with Crippen LogP contribution in [0.3, 0.4) is 0 Å². The van der Waals surface area contributed by atoms with Gasteiger partial charge < -0.3 is 0 Å². The molecule has 1 aliphatic heterocycles. The number of nitrogens with zero attached hydrogens (tertiary/aromatic N) is 4. The number of hydrogen-bond donors (Lipinski definition) is 0. The van der Waals surface area contributed by atoms with Gasteiger partial charge in [-0.2, -0.15) is 8.78 Å². The highest BCUT2D eigenvalue weighted by Crippen LogP contribution is 2.14. The standard InChI is InChI=1S/C12H20F2N4O2S/c1-21(19,20)9-8-16-4-6-17(7-5-16)10-11-15-2-3-18(11)12(13)14/h2-3,12H,4-10H2,1H3. The van der Waals surface area contributed by atoms with E-state index < -0.39 is 16.4 Å². The molecule has 0 aliphatic carbocycles. The van der Waals surface area contributed by atoms with Crippen LogP contribution in [0, 0.1) is 0 Å². The number of imidazole rings is 1. The number of sulfone groups is 1. The van der Waals surface area contributed by atoms with Crippen molar-refractivity contribution in [2.75, 3.05) is 44.7 Å². The summed E-state index contributed by atoms with van der Waals surface area (Å²) in [5.74, 6) is 0.512. The molecular weight excluding hydrogens is 302 g/mol. The van der Waals surface area contributed by atoms with Gasteiger partial charge in [-0.3, -0.25) is 14.4 Å². The van der Waals surface area contributed by atoms with Crippen LogP contribution in [-0.2, 0) is 16.4 Å². The molecule has 1 saturated heterocycles. The summed E-state index contributed by atoms with van der Waals surface area (Å²) >= 11 is 0. The number of hydrogen-bond acceptors (Lipinski definition) is 5. The van der Waals surface area contributed by atoms with Gasteiger partial charge in [0.25, 0.3) is 0 Å². The van der Waals surface area contributed by atoms with Gasteiger partial charge >= 0.3 is 6.55 Å². The average molecular weight is 322 g/mol. The maximum atomic E-state index is 12.7. The van der Waals surface area contributed by atoms with E-state index in [1.807, 2.05) is 0 Å². The largest absolute Gasteiger partial charge is 0.319 e. The lowest BCUT2D eigenvalue weighted by Gasteiger charge is -2.34. The summed E-state index contributed by atoms with van der Waals surface area (Å²) in [4.78, 5) is 8.10. The van der Waals surface area contributed by atoms with E-state index in [-0.39, 0.29) is 5.75 Å². The lowest BCUT2D eigenvalue weighted by molar-refractivity contribution is 0.0609. The van der Waals surface area contributed by atoms with Crippen LogP contribution in [0.25, 0.3) is 0 Å². The molecule has 0 N–H and O–H groups in total. The third-order valence-corrected chi connectivity index (χ3v) is 4.49. The van der Waals surface area contributed by atoms with Gasteiger partial charge in [0, 0.05) is 51.4 Å². The Bertz CT molecular complexity index is 553. The SMILES string of the molecule is CS(=O)(=O)CCN1CCN(Cc2nccn2C(F)F)CC1. The summed E-state index contributed by atoms with van der Waals surface area (Å²) < 4.78 is 48.6. The van der Waals surface area contributed by atoms with E-state index in [9.17, 15) is 17.2 Å². The van der Waals surface area contributed by atoms with Crippen molar-refractivity contribution in [3.63, 3.8) is 0 Å². The van der Waals surface area contributed by atoms with Crippen LogP contribution in [0.15, 0.2) is 12.4 Å². The molecule has 0 spiro atoms. The molecule has 0 saturated carbocycles. The molecule has 0 amide bonds. The van der Waals surface area contributed by atoms with Crippen molar-refractivity contribution in [1.82, 2.24) is 19.4 Å². The summed E-state index contributed by atoms with van der Waals surface area (Å²) in [5, 5.41) is 0. The van der Waals surface area contributed by atoms with Crippen LogP contribution >= 0.6 is 0 Å². The second-order valence-electron chi connectivity index (χ2n) is 5.28. The molecule has 1 aliphatic rings. The fraction of sp³-hybridized carbons (Fsp3) is 0.750. The third-order valence-electron chi connectivity index (χ3n) is 3.57. The molecule has 1 aromatic rings. The van der Waals surface area contributed by atoms with Gasteiger partial charge in [0.05, 0.1) is 12.3 Å². The first-order chi connectivity index (χ1) is 9.85. The normalized spacial score (nSPS) is 18.5. The molecule has 21 heavy (non-hydrogen) atoms. The Labute approximate surface area is 123 Å². The number of aromatic nitrogens is 2. The number of alkyl halides is 2. The number of halogens is 2. The molecule has 2 rings (SSSR count). The molecule has 0 bridgehead atoms. The van der Waals surface area contributed by atoms with Crippen molar-refractivity contribution < 1.29 is 17.2 Å². The maximum Gasteiger partial charge on any atom is 0.319 e. The number of piperazine rings is 1. The summed E-state index contributed by atoms with van der Waals surface area (Å²) in [7, 11) is -2.95. The molecule has 6 nitrogen and oxygen atoms in total. The Morgan fingerprint density at radius 3 is 2.43 bits per heavy atom. The quantitative estimate of drug-likeness (QED) is 0.761. The predicted molar refractivity (Wildman–Crippen MR) is 74.9 cm³/mol. The average Bonchev–Trinajstić information content (AvgIpc) is 2.85. The van der Waals surface area contributed by atoms with E-state index in [0.717, 1.165) is 30.7 Å². The third kappa shape index (κ3) is 5.01. The fourth-order valence-corrected chi connectivity index (χ4v) is 2.90. The van der Waals surface area contributed by atoms with E-state index in [0.29, 0.717) is 18.9 Å². The van der Waals surface area contributed by atoms with Gasteiger partial charge in [0.15, 0.2) is 0 Å². The van der Waals surface area contributed by atoms with E-state index in [2.05, 4.69) is 14.8 Å². The van der Waals surface area contributed by atoms with Crippen LogP contribution in [0.2, 0.25) is 0 Å². The Balaban J connectivity index is 1.80. The maximum absolute atomic E-state index is 12.7. The fourth-order valence-electron chi connectivity index (χ4n) is 2.31. The summed E-state index contributed by atoms with van der Waals surface area (Å²) in [5.41, 5.74) is 0. The van der Waals surface area contributed by atoms with Gasteiger partial charge in [-0.15, -0.1) is 0 Å². The van der Waals surface area contributed by atoms with Crippen LogP contribution in [0.5, 0.6) is 0 Å². The molecule has 0 aromatic carbocycles. The summed E-state index contributed by atoms with van der Waals surface area (Å²) in [6.07, 6.45) is 3.89. The van der Waals surface area contributed by atoms with E-state index in [1.165, 1.54) is 18.6 Å². The lowest BCUT2D eigenvalue weighted by Crippen LogP contribution is -2.47. The predicted octanol–water partition coefficient (Wildman–Crippen LogP) is 0.440. The molecular formula is C12H20F2N4O2S. The zero-order valence-electron chi connectivity index (χ0n) is 12.0. The molecule has 0 atom stereocenters. The summed E-state index contributed by atoms with van der Waals surface area (Å²) in [6, 6.07) is 0. The lowest BCUT2D eigenvalue weighted by atomic mass is 10.3. The van der Waals surface area contributed by atoms with Crippen molar-refractivity contribution in [1.29, 1.82) is 0 Å². The van der Waals surface area contributed by atoms with Crippen LogP contribution < -0.4 is 0 Å². The minimum Gasteiger partial charge on any atom is -0.300 e. The van der Waals surface area contributed by atoms with Crippen molar-refractivity contribution in [3.05, 3.63) is 18.2 Å². The smallest absolute Gasteiger partial charge is 0.300 e. The van der Waals surface area contributed by atoms with E-state index in [1.54, 1.807) is 0 Å². The van der Waals surface area contributed by atoms with Gasteiger partial charge in [-0.25, -0.2) is 13.4 Å². The highest BCUT2D eigenvalue weighted by Gasteiger charge is 2.20. The van der Waals surface area contributed by atoms with Gasteiger partial charge in [0.1, 0.15) is 15.7 Å². The first kappa shape index (κ1) is 16.3. The van der Waals surface area contributed by atoms with Crippen molar-refractivity contribution >= 4 is 9.84 Å². The first-order valence-corrected chi connectivity index (χ1v) is 8.83. The highest BCUT2D eigenvalue weighted by molar-refractivity contribution is 7.90. The Morgan fingerprint density at radius 1 is 1.24 bits per heavy atom. The Morgan fingerprint density at radius 2 is 1.86 bits per heavy atom. The van der Waals surface area contributed by atoms with Crippen molar-refractivity contribution in [3.8, 4) is 0 Å². The molecule has 9 heteroatoms. The molecule has 1 aromatic heterocycles. The molecule has 0 unspecified atom stereocenters.